The molecule has 5 heteroatoms. The molecule has 0 unspecified atom stereocenters. The van der Waals surface area contributed by atoms with E-state index in [0.717, 1.165) is 6.29 Å². The summed E-state index contributed by atoms with van der Waals surface area (Å²) >= 11 is 0. The molecule has 0 aliphatic heterocycles. The molecule has 1 aromatic rings. The number of carbonyl (C=O) groups excluding carboxylic acids is 1. The molecule has 0 bridgehead atoms. The summed E-state index contributed by atoms with van der Waals surface area (Å²) in [5.41, 5.74) is 1.24. The molecule has 0 aliphatic carbocycles. The van der Waals surface area contributed by atoms with E-state index >= 15 is 0 Å². The molecule has 0 aromatic heterocycles. The average Bonchev–Trinajstić information content (AvgIpc) is 2.42. The van der Waals surface area contributed by atoms with Gasteiger partial charge < -0.3 is 19.1 Å². The first-order chi connectivity index (χ1) is 9.07. The fraction of sp³-hybridized carbons (Fsp3) is 0.357. The van der Waals surface area contributed by atoms with Crippen LogP contribution in [0.15, 0.2) is 18.3 Å². The Morgan fingerprint density at radius 2 is 1.58 bits per heavy atom. The molecule has 104 valence electrons. The maximum absolute atomic E-state index is 11.2. The molecule has 1 aromatic carbocycles. The van der Waals surface area contributed by atoms with E-state index in [1.807, 2.05) is 14.1 Å². The summed E-state index contributed by atoms with van der Waals surface area (Å²) in [5.74, 6) is 1.54. The van der Waals surface area contributed by atoms with Crippen LogP contribution in [-0.4, -0.2) is 46.6 Å². The van der Waals surface area contributed by atoms with Crippen molar-refractivity contribution in [2.45, 2.75) is 0 Å². The van der Waals surface area contributed by atoms with Crippen LogP contribution in [0.25, 0.3) is 5.57 Å². The van der Waals surface area contributed by atoms with Gasteiger partial charge in [-0.15, -0.1) is 0 Å². The van der Waals surface area contributed by atoms with Gasteiger partial charge in [0.05, 0.1) is 21.3 Å². The van der Waals surface area contributed by atoms with Gasteiger partial charge in [-0.2, -0.15) is 0 Å². The number of methoxy groups -OCH3 is 3. The zero-order chi connectivity index (χ0) is 14.4. The van der Waals surface area contributed by atoms with Gasteiger partial charge in [-0.3, -0.25) is 4.79 Å². The molecule has 0 N–H and O–H groups in total. The third kappa shape index (κ3) is 3.40. The predicted molar refractivity (Wildman–Crippen MR) is 73.8 cm³/mol. The highest BCUT2D eigenvalue weighted by molar-refractivity contribution is 6.07. The topological polar surface area (TPSA) is 48.0 Å². The lowest BCUT2D eigenvalue weighted by Crippen LogP contribution is -2.04. The van der Waals surface area contributed by atoms with E-state index < -0.39 is 0 Å². The Kier molecular flexibility index (Phi) is 5.23. The summed E-state index contributed by atoms with van der Waals surface area (Å²) in [7, 11) is 8.31. The van der Waals surface area contributed by atoms with Crippen molar-refractivity contribution in [3.63, 3.8) is 0 Å². The van der Waals surface area contributed by atoms with Crippen LogP contribution >= 0.6 is 0 Å². The molecule has 19 heavy (non-hydrogen) atoms. The van der Waals surface area contributed by atoms with Crippen molar-refractivity contribution >= 4 is 11.9 Å². The maximum atomic E-state index is 11.2. The Bertz CT molecular complexity index is 455. The minimum Gasteiger partial charge on any atom is -0.493 e. The second-order valence-corrected chi connectivity index (χ2v) is 4.08. The van der Waals surface area contributed by atoms with Crippen LogP contribution in [0.1, 0.15) is 5.56 Å². The molecule has 5 nitrogen and oxygen atoms in total. The van der Waals surface area contributed by atoms with Gasteiger partial charge >= 0.3 is 0 Å². The monoisotopic (exact) mass is 265 g/mol. The van der Waals surface area contributed by atoms with E-state index in [4.69, 9.17) is 14.2 Å². The number of hydrogen-bond acceptors (Lipinski definition) is 5. The summed E-state index contributed by atoms with van der Waals surface area (Å²) in [5, 5.41) is 0. The van der Waals surface area contributed by atoms with E-state index in [1.54, 1.807) is 23.2 Å². The number of carbonyl (C=O) groups is 1. The van der Waals surface area contributed by atoms with E-state index in [-0.39, 0.29) is 0 Å². The van der Waals surface area contributed by atoms with Crippen molar-refractivity contribution in [1.82, 2.24) is 4.90 Å². The molecule has 0 fully saturated rings. The van der Waals surface area contributed by atoms with E-state index in [0.29, 0.717) is 28.4 Å². The summed E-state index contributed by atoms with van der Waals surface area (Å²) in [6.45, 7) is 0. The highest BCUT2D eigenvalue weighted by Crippen LogP contribution is 2.39. The van der Waals surface area contributed by atoms with Crippen LogP contribution in [0.2, 0.25) is 0 Å². The van der Waals surface area contributed by atoms with E-state index in [1.165, 1.54) is 21.3 Å². The molecule has 0 saturated carbocycles. The minimum atomic E-state index is 0.504. The van der Waals surface area contributed by atoms with E-state index in [9.17, 15) is 4.79 Å². The Labute approximate surface area is 113 Å². The van der Waals surface area contributed by atoms with Gasteiger partial charge in [-0.05, 0) is 17.7 Å². The Hall–Kier alpha value is -2.17. The lowest BCUT2D eigenvalue weighted by atomic mass is 10.1. The predicted octanol–water partition coefficient (Wildman–Crippen LogP) is 1.81. The SMILES string of the molecule is COc1cc(/C(C=O)=C/N(C)C)cc(OC)c1OC. The van der Waals surface area contributed by atoms with Gasteiger partial charge in [0.15, 0.2) is 17.8 Å². The smallest absolute Gasteiger partial charge is 0.203 e. The molecule has 0 heterocycles. The summed E-state index contributed by atoms with van der Waals surface area (Å²) in [4.78, 5) is 13.0. The van der Waals surface area contributed by atoms with Crippen molar-refractivity contribution in [2.24, 2.45) is 0 Å². The number of allylic oxidation sites excluding steroid dienone is 1. The highest BCUT2D eigenvalue weighted by atomic mass is 16.5. The molecule has 1 rings (SSSR count). The molecule has 0 spiro atoms. The molecule has 0 aliphatic rings. The maximum Gasteiger partial charge on any atom is 0.203 e. The zero-order valence-corrected chi connectivity index (χ0v) is 11.9. The summed E-state index contributed by atoms with van der Waals surface area (Å²) in [6.07, 6.45) is 2.52. The third-order valence-electron chi connectivity index (χ3n) is 2.52. The van der Waals surface area contributed by atoms with Gasteiger partial charge in [0, 0.05) is 25.9 Å². The number of aldehydes is 1. The van der Waals surface area contributed by atoms with Gasteiger partial charge in [0.2, 0.25) is 5.75 Å². The molecular weight excluding hydrogens is 246 g/mol. The van der Waals surface area contributed by atoms with Crippen molar-refractivity contribution in [3.05, 3.63) is 23.9 Å². The largest absolute Gasteiger partial charge is 0.493 e. The second-order valence-electron chi connectivity index (χ2n) is 4.08. The lowest BCUT2D eigenvalue weighted by Gasteiger charge is -2.15. The Morgan fingerprint density at radius 1 is 1.05 bits per heavy atom. The third-order valence-corrected chi connectivity index (χ3v) is 2.52. The Morgan fingerprint density at radius 3 is 1.89 bits per heavy atom. The van der Waals surface area contributed by atoms with Gasteiger partial charge in [0.25, 0.3) is 0 Å². The van der Waals surface area contributed by atoms with Crippen LogP contribution < -0.4 is 14.2 Å². The van der Waals surface area contributed by atoms with E-state index in [2.05, 4.69) is 0 Å². The minimum absolute atomic E-state index is 0.504. The molecule has 0 atom stereocenters. The van der Waals surface area contributed by atoms with Gasteiger partial charge in [-0.25, -0.2) is 0 Å². The highest BCUT2D eigenvalue weighted by Gasteiger charge is 2.15. The lowest BCUT2D eigenvalue weighted by molar-refractivity contribution is -0.103. The molecule has 0 radical (unpaired) electrons. The van der Waals surface area contributed by atoms with Crippen LogP contribution in [0.5, 0.6) is 17.2 Å². The van der Waals surface area contributed by atoms with Crippen molar-refractivity contribution in [1.29, 1.82) is 0 Å². The quantitative estimate of drug-likeness (QED) is 0.580. The molecule has 0 saturated heterocycles. The van der Waals surface area contributed by atoms with Gasteiger partial charge in [-0.1, -0.05) is 0 Å². The number of hydrogen-bond donors (Lipinski definition) is 0. The zero-order valence-electron chi connectivity index (χ0n) is 11.9. The number of rotatable bonds is 6. The van der Waals surface area contributed by atoms with Crippen LogP contribution in [0.3, 0.4) is 0 Å². The summed E-state index contributed by atoms with van der Waals surface area (Å²) in [6, 6.07) is 3.48. The Balaban J connectivity index is 3.41. The first-order valence-corrected chi connectivity index (χ1v) is 5.71. The standard InChI is InChI=1S/C14H19NO4/c1-15(2)8-11(9-16)10-6-12(17-3)14(19-5)13(7-10)18-4/h6-9H,1-5H3/b11-8+. The van der Waals surface area contributed by atoms with Gasteiger partial charge in [0.1, 0.15) is 0 Å². The first-order valence-electron chi connectivity index (χ1n) is 5.71. The van der Waals surface area contributed by atoms with Crippen LogP contribution in [0, 0.1) is 0 Å². The molecule has 0 amide bonds. The van der Waals surface area contributed by atoms with Crippen molar-refractivity contribution < 1.29 is 19.0 Å². The number of ether oxygens (including phenoxy) is 3. The van der Waals surface area contributed by atoms with Crippen LogP contribution in [0.4, 0.5) is 0 Å². The number of benzene rings is 1. The second kappa shape index (κ2) is 6.68. The fourth-order valence-electron chi connectivity index (χ4n) is 1.70. The fourth-order valence-corrected chi connectivity index (χ4v) is 1.70. The average molecular weight is 265 g/mol. The van der Waals surface area contributed by atoms with Crippen molar-refractivity contribution in [3.8, 4) is 17.2 Å². The normalized spacial score (nSPS) is 10.9. The van der Waals surface area contributed by atoms with Crippen LogP contribution in [-0.2, 0) is 4.79 Å². The first kappa shape index (κ1) is 14.9. The number of nitrogens with zero attached hydrogens (tertiary/aromatic N) is 1. The van der Waals surface area contributed by atoms with Crippen molar-refractivity contribution in [2.75, 3.05) is 35.4 Å². The molecular formula is C14H19NO4. The summed E-state index contributed by atoms with van der Waals surface area (Å²) < 4.78 is 15.8.